The molecule has 2 fully saturated rings. The van der Waals surface area contributed by atoms with Crippen LogP contribution in [0.25, 0.3) is 11.4 Å². The highest BCUT2D eigenvalue weighted by Gasteiger charge is 2.30. The SMILES string of the molecule is CCNC(=NCc1cccc(-c2ncn[nH]2)c1)N1CCC(N2CCOCC2)C1.I. The minimum atomic E-state index is 0. The predicted octanol–water partition coefficient (Wildman–Crippen LogP) is 1.96. The lowest BCUT2D eigenvalue weighted by Gasteiger charge is -2.32. The molecule has 158 valence electrons. The Kier molecular flexibility index (Phi) is 8.25. The van der Waals surface area contributed by atoms with Crippen LogP contribution in [-0.2, 0) is 11.3 Å². The van der Waals surface area contributed by atoms with Crippen LogP contribution in [0.3, 0.4) is 0 Å². The summed E-state index contributed by atoms with van der Waals surface area (Å²) in [5, 5.41) is 10.3. The van der Waals surface area contributed by atoms with E-state index in [4.69, 9.17) is 9.73 Å². The average molecular weight is 511 g/mol. The third-order valence-electron chi connectivity index (χ3n) is 5.39. The number of hydrogen-bond acceptors (Lipinski definition) is 5. The number of halogens is 1. The van der Waals surface area contributed by atoms with Crippen LogP contribution in [0.4, 0.5) is 0 Å². The van der Waals surface area contributed by atoms with Crippen LogP contribution in [0.1, 0.15) is 18.9 Å². The number of ether oxygens (including phenoxy) is 1. The first-order chi connectivity index (χ1) is 13.8. The van der Waals surface area contributed by atoms with Crippen molar-refractivity contribution in [1.29, 1.82) is 0 Å². The second-order valence-corrected chi connectivity index (χ2v) is 7.24. The molecule has 4 rings (SSSR count). The molecule has 1 atom stereocenters. The van der Waals surface area contributed by atoms with Gasteiger partial charge in [-0.05, 0) is 25.0 Å². The summed E-state index contributed by atoms with van der Waals surface area (Å²) in [5.41, 5.74) is 2.19. The predicted molar refractivity (Wildman–Crippen MR) is 124 cm³/mol. The molecule has 0 aliphatic carbocycles. The molecule has 3 heterocycles. The second kappa shape index (κ2) is 10.9. The number of morpholine rings is 1. The number of H-pyrrole nitrogens is 1. The lowest BCUT2D eigenvalue weighted by Crippen LogP contribution is -2.46. The van der Waals surface area contributed by atoms with E-state index in [-0.39, 0.29) is 24.0 Å². The van der Waals surface area contributed by atoms with Gasteiger partial charge in [-0.2, -0.15) is 5.10 Å². The van der Waals surface area contributed by atoms with E-state index < -0.39 is 0 Å². The average Bonchev–Trinajstić information content (AvgIpc) is 3.44. The zero-order valence-corrected chi connectivity index (χ0v) is 19.2. The second-order valence-electron chi connectivity index (χ2n) is 7.24. The van der Waals surface area contributed by atoms with Crippen molar-refractivity contribution in [2.75, 3.05) is 45.9 Å². The summed E-state index contributed by atoms with van der Waals surface area (Å²) < 4.78 is 5.49. The molecule has 29 heavy (non-hydrogen) atoms. The molecule has 0 amide bonds. The Balaban J connectivity index is 0.00000240. The number of likely N-dealkylation sites (tertiary alicyclic amines) is 1. The van der Waals surface area contributed by atoms with Gasteiger partial charge in [0.15, 0.2) is 11.8 Å². The van der Waals surface area contributed by atoms with Crippen molar-refractivity contribution in [1.82, 2.24) is 30.3 Å². The van der Waals surface area contributed by atoms with E-state index in [0.717, 1.165) is 68.8 Å². The maximum absolute atomic E-state index is 5.49. The van der Waals surface area contributed by atoms with Crippen LogP contribution in [0.15, 0.2) is 35.6 Å². The molecule has 9 heteroatoms. The van der Waals surface area contributed by atoms with Gasteiger partial charge >= 0.3 is 0 Å². The van der Waals surface area contributed by atoms with E-state index in [1.807, 2.05) is 12.1 Å². The molecule has 2 aromatic rings. The van der Waals surface area contributed by atoms with Crippen LogP contribution in [0.2, 0.25) is 0 Å². The van der Waals surface area contributed by atoms with E-state index in [2.05, 4.69) is 49.4 Å². The summed E-state index contributed by atoms with van der Waals surface area (Å²) in [6.07, 6.45) is 2.72. The Hall–Kier alpha value is -1.72. The summed E-state index contributed by atoms with van der Waals surface area (Å²) in [7, 11) is 0. The van der Waals surface area contributed by atoms with Gasteiger partial charge in [0.1, 0.15) is 6.33 Å². The largest absolute Gasteiger partial charge is 0.379 e. The standard InChI is InChI=1S/C20H29N7O.HI/c1-2-21-20(27-7-6-18(14-27)26-8-10-28-11-9-26)22-13-16-4-3-5-17(12-16)19-23-15-24-25-19;/h3-5,12,15,18H,2,6-11,13-14H2,1H3,(H,21,22)(H,23,24,25);1H. The molecule has 1 unspecified atom stereocenters. The smallest absolute Gasteiger partial charge is 0.194 e. The van der Waals surface area contributed by atoms with Gasteiger partial charge in [-0.1, -0.05) is 18.2 Å². The Morgan fingerprint density at radius 2 is 2.17 bits per heavy atom. The molecule has 2 N–H and O–H groups in total. The van der Waals surface area contributed by atoms with Gasteiger partial charge in [-0.15, -0.1) is 24.0 Å². The third kappa shape index (κ3) is 5.67. The van der Waals surface area contributed by atoms with Crippen molar-refractivity contribution in [2.24, 2.45) is 4.99 Å². The van der Waals surface area contributed by atoms with Crippen LogP contribution in [-0.4, -0.2) is 82.9 Å². The maximum atomic E-state index is 5.49. The fourth-order valence-electron chi connectivity index (χ4n) is 3.93. The molecule has 2 aliphatic heterocycles. The van der Waals surface area contributed by atoms with Gasteiger partial charge in [-0.25, -0.2) is 9.98 Å². The number of aromatic nitrogens is 3. The number of aromatic amines is 1. The number of aliphatic imine (C=N–C) groups is 1. The highest BCUT2D eigenvalue weighted by Crippen LogP contribution is 2.18. The summed E-state index contributed by atoms with van der Waals surface area (Å²) in [4.78, 5) is 14.1. The maximum Gasteiger partial charge on any atom is 0.194 e. The number of guanidine groups is 1. The summed E-state index contributed by atoms with van der Waals surface area (Å²) >= 11 is 0. The molecule has 1 aromatic heterocycles. The molecule has 8 nitrogen and oxygen atoms in total. The van der Waals surface area contributed by atoms with Gasteiger partial charge in [0, 0.05) is 44.3 Å². The Morgan fingerprint density at radius 1 is 1.31 bits per heavy atom. The number of rotatable bonds is 5. The van der Waals surface area contributed by atoms with Crippen LogP contribution in [0.5, 0.6) is 0 Å². The number of hydrogen-bond donors (Lipinski definition) is 2. The van der Waals surface area contributed by atoms with Crippen molar-refractivity contribution < 1.29 is 4.74 Å². The molecule has 0 bridgehead atoms. The van der Waals surface area contributed by atoms with E-state index in [1.54, 1.807) is 0 Å². The highest BCUT2D eigenvalue weighted by molar-refractivity contribution is 14.0. The van der Waals surface area contributed by atoms with Gasteiger partial charge in [0.05, 0.1) is 19.8 Å². The van der Waals surface area contributed by atoms with E-state index in [0.29, 0.717) is 12.6 Å². The van der Waals surface area contributed by atoms with Crippen molar-refractivity contribution in [3.63, 3.8) is 0 Å². The van der Waals surface area contributed by atoms with Gasteiger partial charge < -0.3 is 15.0 Å². The minimum absolute atomic E-state index is 0. The lowest BCUT2D eigenvalue weighted by atomic mass is 10.1. The summed E-state index contributed by atoms with van der Waals surface area (Å²) in [6.45, 7) is 9.50. The van der Waals surface area contributed by atoms with E-state index >= 15 is 0 Å². The van der Waals surface area contributed by atoms with Crippen molar-refractivity contribution >= 4 is 29.9 Å². The molecule has 2 saturated heterocycles. The third-order valence-corrected chi connectivity index (χ3v) is 5.39. The fraction of sp³-hybridized carbons (Fsp3) is 0.550. The summed E-state index contributed by atoms with van der Waals surface area (Å²) in [5.74, 6) is 1.79. The fourth-order valence-corrected chi connectivity index (χ4v) is 3.93. The number of nitrogens with one attached hydrogen (secondary N) is 2. The topological polar surface area (TPSA) is 81.7 Å². The first-order valence-corrected chi connectivity index (χ1v) is 10.1. The van der Waals surface area contributed by atoms with Crippen LogP contribution < -0.4 is 5.32 Å². The zero-order valence-electron chi connectivity index (χ0n) is 16.9. The summed E-state index contributed by atoms with van der Waals surface area (Å²) in [6, 6.07) is 8.90. The Labute approximate surface area is 189 Å². The molecule has 0 radical (unpaired) electrons. The Morgan fingerprint density at radius 3 is 2.93 bits per heavy atom. The van der Waals surface area contributed by atoms with Gasteiger partial charge in [0.2, 0.25) is 0 Å². The quantitative estimate of drug-likeness (QED) is 0.363. The highest BCUT2D eigenvalue weighted by atomic mass is 127. The van der Waals surface area contributed by atoms with Gasteiger partial charge in [-0.3, -0.25) is 10.00 Å². The van der Waals surface area contributed by atoms with E-state index in [1.165, 1.54) is 12.7 Å². The normalized spacial score (nSPS) is 20.5. The molecule has 0 saturated carbocycles. The molecular formula is C20H30IN7O. The first-order valence-electron chi connectivity index (χ1n) is 10.1. The van der Waals surface area contributed by atoms with Crippen molar-refractivity contribution in [3.8, 4) is 11.4 Å². The van der Waals surface area contributed by atoms with E-state index in [9.17, 15) is 0 Å². The van der Waals surface area contributed by atoms with Crippen molar-refractivity contribution in [2.45, 2.75) is 25.9 Å². The minimum Gasteiger partial charge on any atom is -0.379 e. The van der Waals surface area contributed by atoms with Crippen LogP contribution in [0, 0.1) is 0 Å². The number of nitrogens with zero attached hydrogens (tertiary/aromatic N) is 5. The zero-order chi connectivity index (χ0) is 19.2. The monoisotopic (exact) mass is 511 g/mol. The Bertz CT molecular complexity index is 777. The molecular weight excluding hydrogens is 481 g/mol. The lowest BCUT2D eigenvalue weighted by molar-refractivity contribution is 0.0195. The van der Waals surface area contributed by atoms with Gasteiger partial charge in [0.25, 0.3) is 0 Å². The molecule has 1 aromatic carbocycles. The molecule has 0 spiro atoms. The number of benzene rings is 1. The first kappa shape index (κ1) is 22.0. The van der Waals surface area contributed by atoms with Crippen molar-refractivity contribution in [3.05, 3.63) is 36.2 Å². The molecule has 2 aliphatic rings. The van der Waals surface area contributed by atoms with Crippen LogP contribution >= 0.6 is 24.0 Å².